The Balaban J connectivity index is 2.89. The van der Waals surface area contributed by atoms with E-state index in [0.29, 0.717) is 24.8 Å². The van der Waals surface area contributed by atoms with E-state index in [1.54, 1.807) is 6.07 Å². The first-order valence-corrected chi connectivity index (χ1v) is 8.11. The van der Waals surface area contributed by atoms with Crippen LogP contribution >= 0.6 is 11.6 Å². The molecule has 0 aliphatic rings. The number of hydrogen-bond donors (Lipinski definition) is 0. The van der Waals surface area contributed by atoms with Crippen molar-refractivity contribution in [3.63, 3.8) is 0 Å². The zero-order chi connectivity index (χ0) is 14.5. The summed E-state index contributed by atoms with van der Waals surface area (Å²) < 4.78 is 49.1. The molecule has 1 aromatic carbocycles. The first kappa shape index (κ1) is 16.5. The van der Waals surface area contributed by atoms with E-state index in [2.05, 4.69) is 0 Å². The van der Waals surface area contributed by atoms with Crippen LogP contribution in [0, 0.1) is 0 Å². The second-order valence-electron chi connectivity index (χ2n) is 3.86. The van der Waals surface area contributed by atoms with Gasteiger partial charge >= 0.3 is 15.5 Å². The Bertz CT molecular complexity index is 406. The molecule has 0 spiro atoms. The summed E-state index contributed by atoms with van der Waals surface area (Å²) >= 11 is 5.57. The van der Waals surface area contributed by atoms with Gasteiger partial charge in [0.15, 0.2) is 0 Å². The zero-order valence-electron chi connectivity index (χ0n) is 10.8. The van der Waals surface area contributed by atoms with Crippen molar-refractivity contribution in [2.45, 2.75) is 26.1 Å². The maximum Gasteiger partial charge on any atom is 0.417 e. The highest BCUT2D eigenvalue weighted by molar-refractivity contribution is 6.43. The minimum absolute atomic E-state index is 0.290. The summed E-state index contributed by atoms with van der Waals surface area (Å²) in [4.78, 5) is 0. The second kappa shape index (κ2) is 7.28. The third-order valence-electron chi connectivity index (χ3n) is 2.44. The Morgan fingerprint density at radius 3 is 2.21 bits per heavy atom. The highest BCUT2D eigenvalue weighted by atomic mass is 35.5. The minimum Gasteiger partial charge on any atom is -0.397 e. The van der Waals surface area contributed by atoms with E-state index in [4.69, 9.17) is 20.5 Å². The SMILES string of the molecule is CCO[SiH](Cc1ccc(Cl)c(C(F)(F)F)c1)OCC. The summed E-state index contributed by atoms with van der Waals surface area (Å²) in [5.74, 6) is 0. The highest BCUT2D eigenvalue weighted by Gasteiger charge is 2.33. The van der Waals surface area contributed by atoms with Gasteiger partial charge in [-0.3, -0.25) is 0 Å². The van der Waals surface area contributed by atoms with Gasteiger partial charge in [-0.15, -0.1) is 0 Å². The van der Waals surface area contributed by atoms with E-state index in [9.17, 15) is 13.2 Å². The fourth-order valence-electron chi connectivity index (χ4n) is 1.65. The Hall–Kier alpha value is -0.563. The highest BCUT2D eigenvalue weighted by Crippen LogP contribution is 2.35. The molecule has 7 heteroatoms. The molecular formula is C12H16ClF3O2Si. The lowest BCUT2D eigenvalue weighted by molar-refractivity contribution is -0.137. The predicted octanol–water partition coefficient (Wildman–Crippen LogP) is 3.73. The van der Waals surface area contributed by atoms with Crippen molar-refractivity contribution in [3.05, 3.63) is 34.3 Å². The smallest absolute Gasteiger partial charge is 0.397 e. The molecule has 0 aromatic heterocycles. The topological polar surface area (TPSA) is 18.5 Å². The van der Waals surface area contributed by atoms with E-state index in [-0.39, 0.29) is 5.02 Å². The molecular weight excluding hydrogens is 297 g/mol. The minimum atomic E-state index is -4.44. The fraction of sp³-hybridized carbons (Fsp3) is 0.500. The lowest BCUT2D eigenvalue weighted by atomic mass is 10.1. The van der Waals surface area contributed by atoms with E-state index in [1.807, 2.05) is 13.8 Å². The molecule has 2 nitrogen and oxygen atoms in total. The number of hydrogen-bond acceptors (Lipinski definition) is 2. The van der Waals surface area contributed by atoms with Gasteiger partial charge in [-0.05, 0) is 31.5 Å². The maximum absolute atomic E-state index is 12.7. The number of alkyl halides is 3. The molecule has 108 valence electrons. The molecule has 0 atom stereocenters. The molecule has 0 saturated heterocycles. The van der Waals surface area contributed by atoms with Crippen molar-refractivity contribution >= 4 is 20.9 Å². The van der Waals surface area contributed by atoms with Crippen LogP contribution in [0.5, 0.6) is 0 Å². The molecule has 0 saturated carbocycles. The Morgan fingerprint density at radius 1 is 1.16 bits per heavy atom. The average Bonchev–Trinajstić information content (AvgIpc) is 2.31. The van der Waals surface area contributed by atoms with Gasteiger partial charge in [0.1, 0.15) is 0 Å². The van der Waals surface area contributed by atoms with E-state index >= 15 is 0 Å². The van der Waals surface area contributed by atoms with Crippen LogP contribution < -0.4 is 0 Å². The van der Waals surface area contributed by atoms with Crippen LogP contribution in [0.15, 0.2) is 18.2 Å². The lowest BCUT2D eigenvalue weighted by Crippen LogP contribution is -2.26. The summed E-state index contributed by atoms with van der Waals surface area (Å²) in [5.41, 5.74) is -0.275. The van der Waals surface area contributed by atoms with E-state index in [0.717, 1.165) is 6.07 Å². The van der Waals surface area contributed by atoms with E-state index < -0.39 is 21.0 Å². The van der Waals surface area contributed by atoms with Crippen LogP contribution in [0.1, 0.15) is 25.0 Å². The van der Waals surface area contributed by atoms with Crippen LogP contribution in [-0.2, 0) is 21.1 Å². The van der Waals surface area contributed by atoms with Gasteiger partial charge in [0.25, 0.3) is 0 Å². The molecule has 0 aliphatic heterocycles. The lowest BCUT2D eigenvalue weighted by Gasteiger charge is -2.16. The van der Waals surface area contributed by atoms with Gasteiger partial charge in [-0.2, -0.15) is 13.2 Å². The molecule has 1 aromatic rings. The Labute approximate surface area is 117 Å². The molecule has 0 heterocycles. The van der Waals surface area contributed by atoms with Crippen molar-refractivity contribution in [1.29, 1.82) is 0 Å². The van der Waals surface area contributed by atoms with Gasteiger partial charge < -0.3 is 8.85 Å². The average molecular weight is 313 g/mol. The van der Waals surface area contributed by atoms with Crippen LogP contribution in [0.2, 0.25) is 5.02 Å². The van der Waals surface area contributed by atoms with Gasteiger partial charge in [0, 0.05) is 19.3 Å². The van der Waals surface area contributed by atoms with Crippen molar-refractivity contribution in [2.24, 2.45) is 0 Å². The van der Waals surface area contributed by atoms with Crippen LogP contribution in [-0.4, -0.2) is 22.5 Å². The van der Waals surface area contributed by atoms with Gasteiger partial charge in [0.2, 0.25) is 0 Å². The van der Waals surface area contributed by atoms with Crippen molar-refractivity contribution in [3.8, 4) is 0 Å². The third-order valence-corrected chi connectivity index (χ3v) is 4.99. The molecule has 0 amide bonds. The molecule has 0 fully saturated rings. The molecule has 0 aliphatic carbocycles. The van der Waals surface area contributed by atoms with Crippen LogP contribution in [0.25, 0.3) is 0 Å². The molecule has 19 heavy (non-hydrogen) atoms. The monoisotopic (exact) mass is 312 g/mol. The van der Waals surface area contributed by atoms with E-state index in [1.165, 1.54) is 6.07 Å². The normalized spacial score (nSPS) is 12.2. The van der Waals surface area contributed by atoms with Crippen LogP contribution in [0.4, 0.5) is 13.2 Å². The number of halogens is 4. The molecule has 0 N–H and O–H groups in total. The molecule has 0 bridgehead atoms. The number of rotatable bonds is 6. The van der Waals surface area contributed by atoms with Crippen molar-refractivity contribution in [1.82, 2.24) is 0 Å². The third kappa shape index (κ3) is 5.14. The first-order chi connectivity index (χ1) is 8.88. The Kier molecular flexibility index (Phi) is 6.32. The largest absolute Gasteiger partial charge is 0.417 e. The van der Waals surface area contributed by atoms with Crippen molar-refractivity contribution < 1.29 is 22.0 Å². The van der Waals surface area contributed by atoms with Crippen molar-refractivity contribution in [2.75, 3.05) is 13.2 Å². The van der Waals surface area contributed by atoms with Gasteiger partial charge in [-0.1, -0.05) is 17.7 Å². The molecule has 0 unspecified atom stereocenters. The molecule has 1 rings (SSSR count). The summed E-state index contributed by atoms with van der Waals surface area (Å²) in [6.45, 7) is 4.66. The predicted molar refractivity (Wildman–Crippen MR) is 70.6 cm³/mol. The summed E-state index contributed by atoms with van der Waals surface area (Å²) in [6, 6.07) is 4.31. The fourth-order valence-corrected chi connectivity index (χ4v) is 3.59. The molecule has 0 radical (unpaired) electrons. The first-order valence-electron chi connectivity index (χ1n) is 5.97. The zero-order valence-corrected chi connectivity index (χ0v) is 12.7. The van der Waals surface area contributed by atoms with Gasteiger partial charge in [0.05, 0.1) is 10.6 Å². The quantitative estimate of drug-likeness (QED) is 0.745. The number of benzene rings is 1. The standard InChI is InChI=1S/C12H16ClF3O2Si/c1-3-17-19(18-4-2)8-9-5-6-11(13)10(7-9)12(14,15)16/h5-7,19H,3-4,8H2,1-2H3. The van der Waals surface area contributed by atoms with Crippen LogP contribution in [0.3, 0.4) is 0 Å². The summed E-state index contributed by atoms with van der Waals surface area (Å²) in [5, 5.41) is -0.290. The Morgan fingerprint density at radius 2 is 1.74 bits per heavy atom. The summed E-state index contributed by atoms with van der Waals surface area (Å²) in [7, 11) is -1.96. The summed E-state index contributed by atoms with van der Waals surface area (Å²) in [6.07, 6.45) is -4.44. The second-order valence-corrected chi connectivity index (χ2v) is 6.20. The van der Waals surface area contributed by atoms with Gasteiger partial charge in [-0.25, -0.2) is 0 Å². The maximum atomic E-state index is 12.7.